The summed E-state index contributed by atoms with van der Waals surface area (Å²) in [4.78, 5) is 0. The first-order valence-corrected chi connectivity index (χ1v) is 4.78. The summed E-state index contributed by atoms with van der Waals surface area (Å²) >= 11 is 11.3. The molecule has 5 heteroatoms. The van der Waals surface area contributed by atoms with Crippen LogP contribution in [0, 0.1) is 0 Å². The molecule has 0 fully saturated rings. The molecular formula is C10H8Cl2F2O. The SMILES string of the molecule is C=CC(F)(F)C(O)c1ccc(Cl)cc1Cl. The standard InChI is InChI=1S/C10H8Cl2F2O/c1-2-10(13,14)9(15)7-4-3-6(11)5-8(7)12/h2-5,9,15H,1H2. The Balaban J connectivity index is 3.11. The summed E-state index contributed by atoms with van der Waals surface area (Å²) in [6.07, 6.45) is -1.64. The van der Waals surface area contributed by atoms with Crippen molar-refractivity contribution in [3.63, 3.8) is 0 Å². The van der Waals surface area contributed by atoms with Crippen LogP contribution in [0.4, 0.5) is 8.78 Å². The van der Waals surface area contributed by atoms with Crippen molar-refractivity contribution in [3.8, 4) is 0 Å². The van der Waals surface area contributed by atoms with Crippen molar-refractivity contribution >= 4 is 23.2 Å². The number of halogens is 4. The quantitative estimate of drug-likeness (QED) is 0.811. The van der Waals surface area contributed by atoms with Crippen molar-refractivity contribution in [2.45, 2.75) is 12.0 Å². The van der Waals surface area contributed by atoms with Crippen LogP contribution in [0.15, 0.2) is 30.9 Å². The third-order valence-corrected chi connectivity index (χ3v) is 2.46. The van der Waals surface area contributed by atoms with Crippen molar-refractivity contribution in [1.82, 2.24) is 0 Å². The van der Waals surface area contributed by atoms with Crippen LogP contribution in [-0.2, 0) is 0 Å². The number of aliphatic hydroxyl groups is 1. The summed E-state index contributed by atoms with van der Waals surface area (Å²) in [5, 5.41) is 9.69. The van der Waals surface area contributed by atoms with Crippen LogP contribution in [0.1, 0.15) is 11.7 Å². The lowest BCUT2D eigenvalue weighted by Crippen LogP contribution is -2.23. The van der Waals surface area contributed by atoms with Gasteiger partial charge in [0, 0.05) is 15.6 Å². The van der Waals surface area contributed by atoms with Crippen molar-refractivity contribution in [2.75, 3.05) is 0 Å². The highest BCUT2D eigenvalue weighted by molar-refractivity contribution is 6.35. The highest BCUT2D eigenvalue weighted by Crippen LogP contribution is 2.36. The number of benzene rings is 1. The van der Waals surface area contributed by atoms with Gasteiger partial charge in [0.15, 0.2) is 0 Å². The van der Waals surface area contributed by atoms with Gasteiger partial charge < -0.3 is 5.11 Å². The number of hydrogen-bond donors (Lipinski definition) is 1. The molecule has 0 amide bonds. The fraction of sp³-hybridized carbons (Fsp3) is 0.200. The van der Waals surface area contributed by atoms with Gasteiger partial charge in [0.05, 0.1) is 0 Å². The van der Waals surface area contributed by atoms with Crippen molar-refractivity contribution in [2.24, 2.45) is 0 Å². The van der Waals surface area contributed by atoms with Gasteiger partial charge in [-0.1, -0.05) is 35.8 Å². The third-order valence-electron chi connectivity index (χ3n) is 1.89. The molecule has 0 saturated carbocycles. The van der Waals surface area contributed by atoms with Gasteiger partial charge in [0.25, 0.3) is 5.92 Å². The zero-order chi connectivity index (χ0) is 11.6. The smallest absolute Gasteiger partial charge is 0.295 e. The Kier molecular flexibility index (Phi) is 3.71. The first kappa shape index (κ1) is 12.4. The largest absolute Gasteiger partial charge is 0.382 e. The number of aliphatic hydroxyl groups excluding tert-OH is 1. The molecule has 0 aliphatic rings. The van der Waals surface area contributed by atoms with E-state index in [-0.39, 0.29) is 10.6 Å². The number of rotatable bonds is 3. The molecule has 0 aliphatic heterocycles. The summed E-state index contributed by atoms with van der Waals surface area (Å²) in [6, 6.07) is 3.93. The minimum absolute atomic E-state index is 0.00322. The van der Waals surface area contributed by atoms with Gasteiger partial charge in [0.1, 0.15) is 6.10 Å². The van der Waals surface area contributed by atoms with Crippen LogP contribution in [0.2, 0.25) is 10.0 Å². The van der Waals surface area contributed by atoms with Gasteiger partial charge in [-0.3, -0.25) is 0 Å². The zero-order valence-electron chi connectivity index (χ0n) is 7.55. The van der Waals surface area contributed by atoms with Gasteiger partial charge >= 0.3 is 0 Å². The highest BCUT2D eigenvalue weighted by Gasteiger charge is 2.37. The second kappa shape index (κ2) is 4.47. The Labute approximate surface area is 95.9 Å². The molecule has 0 aromatic heterocycles. The molecule has 1 unspecified atom stereocenters. The van der Waals surface area contributed by atoms with E-state index in [1.54, 1.807) is 0 Å². The summed E-state index contributed by atoms with van der Waals surface area (Å²) in [6.45, 7) is 2.95. The summed E-state index contributed by atoms with van der Waals surface area (Å²) in [5.74, 6) is -3.42. The fourth-order valence-corrected chi connectivity index (χ4v) is 1.55. The minimum atomic E-state index is -3.42. The minimum Gasteiger partial charge on any atom is -0.382 e. The molecule has 1 atom stereocenters. The Morgan fingerprint density at radius 3 is 2.47 bits per heavy atom. The second-order valence-corrected chi connectivity index (χ2v) is 3.79. The van der Waals surface area contributed by atoms with E-state index in [2.05, 4.69) is 6.58 Å². The molecule has 0 bridgehead atoms. The predicted molar refractivity (Wildman–Crippen MR) is 56.6 cm³/mol. The summed E-state index contributed by atoms with van der Waals surface area (Å²) in [5.41, 5.74) is -0.0778. The van der Waals surface area contributed by atoms with E-state index in [0.717, 1.165) is 0 Å². The molecule has 1 aromatic carbocycles. The average molecular weight is 253 g/mol. The van der Waals surface area contributed by atoms with Crippen molar-refractivity contribution < 1.29 is 13.9 Å². The van der Waals surface area contributed by atoms with Crippen LogP contribution < -0.4 is 0 Å². The van der Waals surface area contributed by atoms with Gasteiger partial charge in [-0.2, -0.15) is 8.78 Å². The number of hydrogen-bond acceptors (Lipinski definition) is 1. The molecule has 0 saturated heterocycles. The molecule has 0 aliphatic carbocycles. The molecule has 1 rings (SSSR count). The van der Waals surface area contributed by atoms with Crippen LogP contribution >= 0.6 is 23.2 Å². The average Bonchev–Trinajstić information content (AvgIpc) is 2.17. The van der Waals surface area contributed by atoms with E-state index < -0.39 is 12.0 Å². The maximum absolute atomic E-state index is 13.1. The highest BCUT2D eigenvalue weighted by atomic mass is 35.5. The number of alkyl halides is 2. The van der Waals surface area contributed by atoms with Crippen LogP contribution in [0.5, 0.6) is 0 Å². The molecule has 0 spiro atoms. The Morgan fingerprint density at radius 2 is 2.00 bits per heavy atom. The van der Waals surface area contributed by atoms with E-state index in [4.69, 9.17) is 23.2 Å². The lowest BCUT2D eigenvalue weighted by molar-refractivity contribution is -0.0712. The maximum atomic E-state index is 13.1. The molecule has 1 aromatic rings. The molecular weight excluding hydrogens is 245 g/mol. The molecule has 1 N–H and O–H groups in total. The normalized spacial score (nSPS) is 13.7. The van der Waals surface area contributed by atoms with E-state index >= 15 is 0 Å². The maximum Gasteiger partial charge on any atom is 0.295 e. The molecule has 15 heavy (non-hydrogen) atoms. The summed E-state index contributed by atoms with van der Waals surface area (Å²) < 4.78 is 26.1. The molecule has 0 heterocycles. The second-order valence-electron chi connectivity index (χ2n) is 2.95. The lowest BCUT2D eigenvalue weighted by atomic mass is 10.0. The monoisotopic (exact) mass is 252 g/mol. The predicted octanol–water partition coefficient (Wildman–Crippen LogP) is 3.85. The van der Waals surface area contributed by atoms with E-state index in [9.17, 15) is 13.9 Å². The van der Waals surface area contributed by atoms with Crippen LogP contribution in [0.25, 0.3) is 0 Å². The van der Waals surface area contributed by atoms with E-state index in [1.807, 2.05) is 0 Å². The van der Waals surface area contributed by atoms with E-state index in [1.165, 1.54) is 18.2 Å². The fourth-order valence-electron chi connectivity index (χ4n) is 1.04. The molecule has 0 radical (unpaired) electrons. The Hall–Kier alpha value is -0.640. The third kappa shape index (κ3) is 2.68. The summed E-state index contributed by atoms with van der Waals surface area (Å²) in [7, 11) is 0. The zero-order valence-corrected chi connectivity index (χ0v) is 9.06. The van der Waals surface area contributed by atoms with Gasteiger partial charge in [-0.15, -0.1) is 0 Å². The van der Waals surface area contributed by atoms with Gasteiger partial charge in [-0.25, -0.2) is 0 Å². The lowest BCUT2D eigenvalue weighted by Gasteiger charge is -2.20. The van der Waals surface area contributed by atoms with Crippen LogP contribution in [0.3, 0.4) is 0 Å². The molecule has 82 valence electrons. The first-order valence-electron chi connectivity index (χ1n) is 4.03. The molecule has 1 nitrogen and oxygen atoms in total. The van der Waals surface area contributed by atoms with Gasteiger partial charge in [-0.05, 0) is 18.2 Å². The van der Waals surface area contributed by atoms with Gasteiger partial charge in [0.2, 0.25) is 0 Å². The van der Waals surface area contributed by atoms with Crippen molar-refractivity contribution in [3.05, 3.63) is 46.5 Å². The van der Waals surface area contributed by atoms with E-state index in [0.29, 0.717) is 11.1 Å². The Morgan fingerprint density at radius 1 is 1.40 bits per heavy atom. The topological polar surface area (TPSA) is 20.2 Å². The first-order chi connectivity index (χ1) is 6.88. The van der Waals surface area contributed by atoms with Crippen LogP contribution in [-0.4, -0.2) is 11.0 Å². The van der Waals surface area contributed by atoms with Crippen molar-refractivity contribution in [1.29, 1.82) is 0 Å². The Bertz CT molecular complexity index is 380.